The van der Waals surface area contributed by atoms with Crippen molar-refractivity contribution in [2.75, 3.05) is 6.54 Å². The van der Waals surface area contributed by atoms with Crippen molar-refractivity contribution in [3.63, 3.8) is 0 Å². The van der Waals surface area contributed by atoms with Crippen molar-refractivity contribution >= 4 is 10.0 Å². The third kappa shape index (κ3) is 3.07. The van der Waals surface area contributed by atoms with Crippen LogP contribution in [0.15, 0.2) is 23.1 Å². The molecule has 100 valence electrons. The van der Waals surface area contributed by atoms with Gasteiger partial charge in [0.15, 0.2) is 0 Å². The molecule has 0 spiro atoms. The van der Waals surface area contributed by atoms with Gasteiger partial charge >= 0.3 is 0 Å². The predicted molar refractivity (Wildman–Crippen MR) is 65.1 cm³/mol. The topological polar surface area (TPSA) is 66.4 Å². The van der Waals surface area contributed by atoms with Crippen LogP contribution in [0.25, 0.3) is 0 Å². The fourth-order valence-electron chi connectivity index (χ4n) is 1.74. The summed E-state index contributed by atoms with van der Waals surface area (Å²) in [6, 6.07) is 3.91. The SMILES string of the molecule is Cc1ccc(F)c(S(=O)(=O)NCC(O)C2CC2)c1. The van der Waals surface area contributed by atoms with E-state index in [2.05, 4.69) is 4.72 Å². The number of benzene rings is 1. The van der Waals surface area contributed by atoms with E-state index < -0.39 is 21.9 Å². The van der Waals surface area contributed by atoms with Crippen LogP contribution in [0.1, 0.15) is 18.4 Å². The molecule has 0 bridgehead atoms. The number of hydrogen-bond donors (Lipinski definition) is 2. The van der Waals surface area contributed by atoms with Crippen molar-refractivity contribution in [1.82, 2.24) is 4.72 Å². The monoisotopic (exact) mass is 273 g/mol. The van der Waals surface area contributed by atoms with Gasteiger partial charge in [0.05, 0.1) is 6.10 Å². The van der Waals surface area contributed by atoms with Gasteiger partial charge in [0, 0.05) is 6.54 Å². The van der Waals surface area contributed by atoms with E-state index in [9.17, 15) is 17.9 Å². The van der Waals surface area contributed by atoms with Crippen LogP contribution in [0.5, 0.6) is 0 Å². The molecule has 18 heavy (non-hydrogen) atoms. The molecule has 4 nitrogen and oxygen atoms in total. The van der Waals surface area contributed by atoms with E-state index in [1.54, 1.807) is 6.92 Å². The summed E-state index contributed by atoms with van der Waals surface area (Å²) in [6.07, 6.45) is 1.15. The second-order valence-electron chi connectivity index (χ2n) is 4.69. The quantitative estimate of drug-likeness (QED) is 0.846. The van der Waals surface area contributed by atoms with E-state index in [0.717, 1.165) is 18.9 Å². The minimum atomic E-state index is -3.90. The summed E-state index contributed by atoms with van der Waals surface area (Å²) in [5.74, 6) is -0.607. The highest BCUT2D eigenvalue weighted by molar-refractivity contribution is 7.89. The van der Waals surface area contributed by atoms with Gasteiger partial charge in [-0.3, -0.25) is 0 Å². The summed E-state index contributed by atoms with van der Waals surface area (Å²) in [5, 5.41) is 9.60. The molecule has 1 aromatic rings. The number of halogens is 1. The van der Waals surface area contributed by atoms with Crippen LogP contribution in [0.3, 0.4) is 0 Å². The Morgan fingerprint density at radius 3 is 2.78 bits per heavy atom. The first-order valence-corrected chi connectivity index (χ1v) is 7.32. The zero-order valence-corrected chi connectivity index (χ0v) is 10.9. The van der Waals surface area contributed by atoms with Gasteiger partial charge in [-0.1, -0.05) is 6.07 Å². The minimum absolute atomic E-state index is 0.0691. The van der Waals surface area contributed by atoms with Crippen LogP contribution in [-0.4, -0.2) is 26.2 Å². The summed E-state index contributed by atoms with van der Waals surface area (Å²) in [4.78, 5) is -0.370. The predicted octanol–water partition coefficient (Wildman–Crippen LogP) is 1.18. The molecule has 1 fully saturated rings. The lowest BCUT2D eigenvalue weighted by molar-refractivity contribution is 0.155. The molecule has 1 aromatic carbocycles. The molecule has 2 rings (SSSR count). The van der Waals surface area contributed by atoms with Gasteiger partial charge in [0.2, 0.25) is 10.0 Å². The Hall–Kier alpha value is -0.980. The number of nitrogens with one attached hydrogen (secondary N) is 1. The Morgan fingerprint density at radius 2 is 2.17 bits per heavy atom. The van der Waals surface area contributed by atoms with E-state index in [1.165, 1.54) is 12.1 Å². The van der Waals surface area contributed by atoms with Crippen LogP contribution in [0.2, 0.25) is 0 Å². The maximum absolute atomic E-state index is 13.5. The van der Waals surface area contributed by atoms with Gasteiger partial charge < -0.3 is 5.11 Å². The number of aliphatic hydroxyl groups excluding tert-OH is 1. The molecule has 1 saturated carbocycles. The maximum Gasteiger partial charge on any atom is 0.243 e. The number of hydrogen-bond acceptors (Lipinski definition) is 3. The lowest BCUT2D eigenvalue weighted by Gasteiger charge is -2.12. The number of aryl methyl sites for hydroxylation is 1. The Labute approximate surface area is 106 Å². The standard InChI is InChI=1S/C12H16FNO3S/c1-8-2-5-10(13)12(6-8)18(16,17)14-7-11(15)9-3-4-9/h2,5-6,9,11,14-15H,3-4,7H2,1H3. The van der Waals surface area contributed by atoms with E-state index in [-0.39, 0.29) is 17.4 Å². The first-order valence-electron chi connectivity index (χ1n) is 5.84. The lowest BCUT2D eigenvalue weighted by Crippen LogP contribution is -2.33. The molecular formula is C12H16FNO3S. The highest BCUT2D eigenvalue weighted by Crippen LogP contribution is 2.32. The molecular weight excluding hydrogens is 257 g/mol. The molecule has 1 unspecified atom stereocenters. The van der Waals surface area contributed by atoms with Crippen LogP contribution >= 0.6 is 0 Å². The molecule has 0 radical (unpaired) electrons. The second kappa shape index (κ2) is 4.95. The Morgan fingerprint density at radius 1 is 1.50 bits per heavy atom. The van der Waals surface area contributed by atoms with Gasteiger partial charge in [-0.15, -0.1) is 0 Å². The average Bonchev–Trinajstić information content (AvgIpc) is 3.13. The molecule has 0 saturated heterocycles. The maximum atomic E-state index is 13.5. The van der Waals surface area contributed by atoms with Crippen molar-refractivity contribution in [2.45, 2.75) is 30.8 Å². The molecule has 0 amide bonds. The van der Waals surface area contributed by atoms with Gasteiger partial charge in [0.25, 0.3) is 0 Å². The summed E-state index contributed by atoms with van der Waals surface area (Å²) >= 11 is 0. The fourth-order valence-corrected chi connectivity index (χ4v) is 2.95. The van der Waals surface area contributed by atoms with Crippen LogP contribution < -0.4 is 4.72 Å². The van der Waals surface area contributed by atoms with E-state index >= 15 is 0 Å². The van der Waals surface area contributed by atoms with Crippen molar-refractivity contribution in [3.05, 3.63) is 29.6 Å². The zero-order chi connectivity index (χ0) is 13.3. The van der Waals surface area contributed by atoms with Gasteiger partial charge in [-0.25, -0.2) is 17.5 Å². The third-order valence-electron chi connectivity index (χ3n) is 3.02. The Kier molecular flexibility index (Phi) is 3.70. The molecule has 0 aliphatic heterocycles. The van der Waals surface area contributed by atoms with Crippen molar-refractivity contribution in [2.24, 2.45) is 5.92 Å². The summed E-state index contributed by atoms with van der Waals surface area (Å²) in [7, 11) is -3.90. The highest BCUT2D eigenvalue weighted by Gasteiger charge is 2.31. The normalized spacial score (nSPS) is 17.7. The number of aliphatic hydroxyl groups is 1. The van der Waals surface area contributed by atoms with Gasteiger partial charge in [-0.2, -0.15) is 0 Å². The first-order chi connectivity index (χ1) is 8.40. The first kappa shape index (κ1) is 13.5. The third-order valence-corrected chi connectivity index (χ3v) is 4.46. The fraction of sp³-hybridized carbons (Fsp3) is 0.500. The summed E-state index contributed by atoms with van der Waals surface area (Å²) in [6.45, 7) is 1.62. The van der Waals surface area contributed by atoms with E-state index in [1.807, 2.05) is 0 Å². The average molecular weight is 273 g/mol. The molecule has 6 heteroatoms. The van der Waals surface area contributed by atoms with E-state index in [0.29, 0.717) is 5.56 Å². The van der Waals surface area contributed by atoms with Gasteiger partial charge in [-0.05, 0) is 43.4 Å². The van der Waals surface area contributed by atoms with Crippen molar-refractivity contribution in [3.8, 4) is 0 Å². The van der Waals surface area contributed by atoms with Crippen LogP contribution in [-0.2, 0) is 10.0 Å². The Bertz CT molecular complexity index is 540. The molecule has 1 aliphatic carbocycles. The molecule has 2 N–H and O–H groups in total. The molecule has 0 aromatic heterocycles. The van der Waals surface area contributed by atoms with Crippen molar-refractivity contribution < 1.29 is 17.9 Å². The Balaban J connectivity index is 2.11. The summed E-state index contributed by atoms with van der Waals surface area (Å²) < 4.78 is 39.5. The largest absolute Gasteiger partial charge is 0.391 e. The molecule has 0 heterocycles. The number of sulfonamides is 1. The second-order valence-corrected chi connectivity index (χ2v) is 6.43. The zero-order valence-electron chi connectivity index (χ0n) is 10.1. The smallest absolute Gasteiger partial charge is 0.243 e. The van der Waals surface area contributed by atoms with Gasteiger partial charge in [0.1, 0.15) is 10.7 Å². The van der Waals surface area contributed by atoms with Crippen LogP contribution in [0, 0.1) is 18.7 Å². The lowest BCUT2D eigenvalue weighted by atomic mass is 10.2. The van der Waals surface area contributed by atoms with Crippen LogP contribution in [0.4, 0.5) is 4.39 Å². The highest BCUT2D eigenvalue weighted by atomic mass is 32.2. The number of rotatable bonds is 5. The van der Waals surface area contributed by atoms with Crippen molar-refractivity contribution in [1.29, 1.82) is 0 Å². The molecule has 1 aliphatic rings. The minimum Gasteiger partial charge on any atom is -0.391 e. The van der Waals surface area contributed by atoms with E-state index in [4.69, 9.17) is 0 Å². The summed E-state index contributed by atoms with van der Waals surface area (Å²) in [5.41, 5.74) is 0.666. The molecule has 1 atom stereocenters.